The van der Waals surface area contributed by atoms with Crippen LogP contribution in [-0.4, -0.2) is 28.5 Å². The van der Waals surface area contributed by atoms with Crippen molar-refractivity contribution in [2.45, 2.75) is 0 Å². The molecule has 0 atom stereocenters. The molecular formula is C3H9N3O5. The predicted molar refractivity (Wildman–Crippen MR) is 34.0 cm³/mol. The topological polar surface area (TPSA) is 176 Å². The first-order valence-electron chi connectivity index (χ1n) is 1.87. The van der Waals surface area contributed by atoms with Crippen LogP contribution in [0.3, 0.4) is 0 Å². The van der Waals surface area contributed by atoms with Gasteiger partial charge in [0.15, 0.2) is 0 Å². The lowest BCUT2D eigenvalue weighted by atomic mass is 10.6. The van der Waals surface area contributed by atoms with Gasteiger partial charge in [0, 0.05) is 0 Å². The molecular weight excluding hydrogens is 158 g/mol. The lowest BCUT2D eigenvalue weighted by Gasteiger charge is -1.90. The summed E-state index contributed by atoms with van der Waals surface area (Å²) >= 11 is 0. The first kappa shape index (κ1) is 16.2. The number of urea groups is 1. The molecule has 11 heavy (non-hydrogen) atoms. The molecule has 0 fully saturated rings. The first-order chi connectivity index (χ1) is 4.04. The Labute approximate surface area is 61.3 Å². The SMILES string of the molecule is N.NC(=O)NC(=O)C(=O)O.O. The molecule has 0 radical (unpaired) electrons. The minimum atomic E-state index is -1.74. The number of carbonyl (C=O) groups excluding carboxylic acids is 2. The van der Waals surface area contributed by atoms with Crippen LogP contribution in [0, 0.1) is 0 Å². The fourth-order valence-electron chi connectivity index (χ4n) is 0.165. The van der Waals surface area contributed by atoms with Gasteiger partial charge in [0.1, 0.15) is 0 Å². The van der Waals surface area contributed by atoms with Crippen LogP contribution in [0.2, 0.25) is 0 Å². The number of amides is 3. The normalized spacial score (nSPS) is 6.55. The minimum absolute atomic E-state index is 0. The quantitative estimate of drug-likeness (QED) is 0.293. The van der Waals surface area contributed by atoms with Crippen LogP contribution in [0.5, 0.6) is 0 Å². The highest BCUT2D eigenvalue weighted by Gasteiger charge is 2.11. The van der Waals surface area contributed by atoms with Crippen molar-refractivity contribution >= 4 is 17.9 Å². The minimum Gasteiger partial charge on any atom is -0.474 e. The third-order valence-electron chi connectivity index (χ3n) is 0.431. The number of hydrogen-bond donors (Lipinski definition) is 4. The number of carboxylic acid groups (broad SMARTS) is 1. The van der Waals surface area contributed by atoms with Gasteiger partial charge in [0.05, 0.1) is 0 Å². The van der Waals surface area contributed by atoms with E-state index in [1.807, 2.05) is 0 Å². The van der Waals surface area contributed by atoms with Crippen LogP contribution in [0.25, 0.3) is 0 Å². The predicted octanol–water partition coefficient (Wildman–Crippen LogP) is -2.40. The molecule has 0 saturated heterocycles. The van der Waals surface area contributed by atoms with E-state index >= 15 is 0 Å². The molecule has 0 aliphatic heterocycles. The van der Waals surface area contributed by atoms with Gasteiger partial charge in [-0.2, -0.15) is 0 Å². The molecule has 9 N–H and O–H groups in total. The molecule has 0 aromatic carbocycles. The van der Waals surface area contributed by atoms with Crippen molar-refractivity contribution in [3.05, 3.63) is 0 Å². The maximum Gasteiger partial charge on any atom is 0.394 e. The highest BCUT2D eigenvalue weighted by Crippen LogP contribution is 1.63. The average molecular weight is 167 g/mol. The Bertz CT molecular complexity index is 166. The fraction of sp³-hybridized carbons (Fsp3) is 0. The third kappa shape index (κ3) is 8.33. The Hall–Kier alpha value is -1.67. The molecule has 66 valence electrons. The van der Waals surface area contributed by atoms with E-state index in [4.69, 9.17) is 5.11 Å². The zero-order valence-corrected chi connectivity index (χ0v) is 5.46. The van der Waals surface area contributed by atoms with Crippen molar-refractivity contribution in [3.63, 3.8) is 0 Å². The second kappa shape index (κ2) is 6.45. The second-order valence-corrected chi connectivity index (χ2v) is 1.12. The molecule has 8 nitrogen and oxygen atoms in total. The monoisotopic (exact) mass is 167 g/mol. The largest absolute Gasteiger partial charge is 0.474 e. The van der Waals surface area contributed by atoms with Crippen LogP contribution in [0.15, 0.2) is 0 Å². The van der Waals surface area contributed by atoms with Crippen molar-refractivity contribution in [2.75, 3.05) is 0 Å². The van der Waals surface area contributed by atoms with Gasteiger partial charge in [-0.3, -0.25) is 10.1 Å². The maximum atomic E-state index is 9.94. The standard InChI is InChI=1S/C3H4N2O4.H3N.H2O/c4-3(9)5-1(6)2(7)8;;/h(H,7,8)(H3,4,5,6,9);1H3;1H2. The Morgan fingerprint density at radius 1 is 1.27 bits per heavy atom. The van der Waals surface area contributed by atoms with E-state index < -0.39 is 17.9 Å². The Kier molecular flexibility index (Phi) is 9.47. The van der Waals surface area contributed by atoms with Crippen molar-refractivity contribution < 1.29 is 25.0 Å². The number of nitrogens with two attached hydrogens (primary N) is 1. The molecule has 0 aromatic rings. The van der Waals surface area contributed by atoms with E-state index in [0.717, 1.165) is 0 Å². The summed E-state index contributed by atoms with van der Waals surface area (Å²) < 4.78 is 0. The number of carboxylic acids is 1. The molecule has 3 amide bonds. The van der Waals surface area contributed by atoms with Crippen LogP contribution < -0.4 is 17.2 Å². The number of rotatable bonds is 0. The van der Waals surface area contributed by atoms with Crippen LogP contribution >= 0.6 is 0 Å². The summed E-state index contributed by atoms with van der Waals surface area (Å²) in [5.74, 6) is -3.17. The zero-order chi connectivity index (χ0) is 7.44. The van der Waals surface area contributed by atoms with Crippen LogP contribution in [-0.2, 0) is 9.59 Å². The number of imide groups is 1. The maximum absolute atomic E-state index is 9.94. The molecule has 8 heteroatoms. The first-order valence-corrected chi connectivity index (χ1v) is 1.87. The summed E-state index contributed by atoms with van der Waals surface area (Å²) in [7, 11) is 0. The summed E-state index contributed by atoms with van der Waals surface area (Å²) in [6.45, 7) is 0. The number of carbonyl (C=O) groups is 3. The number of aliphatic carboxylic acids is 1. The van der Waals surface area contributed by atoms with Crippen LogP contribution in [0.4, 0.5) is 4.79 Å². The number of nitrogens with one attached hydrogen (secondary N) is 1. The second-order valence-electron chi connectivity index (χ2n) is 1.12. The van der Waals surface area contributed by atoms with Crippen molar-refractivity contribution in [1.82, 2.24) is 11.5 Å². The Morgan fingerprint density at radius 3 is 1.73 bits per heavy atom. The Morgan fingerprint density at radius 2 is 1.64 bits per heavy atom. The van der Waals surface area contributed by atoms with Gasteiger partial charge >= 0.3 is 17.9 Å². The highest BCUT2D eigenvalue weighted by molar-refractivity contribution is 6.34. The van der Waals surface area contributed by atoms with Gasteiger partial charge in [-0.05, 0) is 0 Å². The fourth-order valence-corrected chi connectivity index (χ4v) is 0.165. The molecule has 0 aliphatic carbocycles. The summed E-state index contributed by atoms with van der Waals surface area (Å²) in [6, 6.07) is -1.18. The molecule has 0 spiro atoms. The average Bonchev–Trinajstić information content (AvgIpc) is 1.63. The zero-order valence-electron chi connectivity index (χ0n) is 5.46. The lowest BCUT2D eigenvalue weighted by molar-refractivity contribution is -0.149. The van der Waals surface area contributed by atoms with Gasteiger partial charge in [0.2, 0.25) is 0 Å². The van der Waals surface area contributed by atoms with Gasteiger partial charge in [-0.15, -0.1) is 0 Å². The number of hydrogen-bond acceptors (Lipinski definition) is 4. The van der Waals surface area contributed by atoms with E-state index in [1.54, 1.807) is 0 Å². The molecule has 0 rings (SSSR count). The summed E-state index contributed by atoms with van der Waals surface area (Å²) in [5, 5.41) is 9.15. The van der Waals surface area contributed by atoms with Crippen LogP contribution in [0.1, 0.15) is 0 Å². The van der Waals surface area contributed by atoms with Gasteiger partial charge in [0.25, 0.3) is 0 Å². The van der Waals surface area contributed by atoms with E-state index in [2.05, 4.69) is 5.73 Å². The van der Waals surface area contributed by atoms with Gasteiger partial charge in [-0.1, -0.05) is 0 Å². The summed E-state index contributed by atoms with van der Waals surface area (Å²) in [6.07, 6.45) is 0. The molecule has 0 heterocycles. The third-order valence-corrected chi connectivity index (χ3v) is 0.431. The summed E-state index contributed by atoms with van der Waals surface area (Å²) in [5.41, 5.74) is 4.40. The van der Waals surface area contributed by atoms with E-state index in [9.17, 15) is 14.4 Å². The van der Waals surface area contributed by atoms with Crippen molar-refractivity contribution in [1.29, 1.82) is 0 Å². The number of primary amides is 1. The van der Waals surface area contributed by atoms with Crippen molar-refractivity contribution in [2.24, 2.45) is 5.73 Å². The van der Waals surface area contributed by atoms with Gasteiger partial charge in [-0.25, -0.2) is 9.59 Å². The summed E-state index contributed by atoms with van der Waals surface area (Å²) in [4.78, 5) is 29.3. The molecule has 0 aliphatic rings. The van der Waals surface area contributed by atoms with E-state index in [-0.39, 0.29) is 11.6 Å². The van der Waals surface area contributed by atoms with Crippen molar-refractivity contribution in [3.8, 4) is 0 Å². The molecule has 0 unspecified atom stereocenters. The molecule has 0 aromatic heterocycles. The van der Waals surface area contributed by atoms with E-state index in [0.29, 0.717) is 0 Å². The highest BCUT2D eigenvalue weighted by atomic mass is 16.4. The smallest absolute Gasteiger partial charge is 0.394 e. The van der Waals surface area contributed by atoms with E-state index in [1.165, 1.54) is 5.32 Å². The lowest BCUT2D eigenvalue weighted by Crippen LogP contribution is -2.39. The molecule has 0 bridgehead atoms. The Balaban J connectivity index is -0.000000320. The molecule has 0 saturated carbocycles. The van der Waals surface area contributed by atoms with Gasteiger partial charge < -0.3 is 22.5 Å².